The van der Waals surface area contributed by atoms with Gasteiger partial charge in [0.2, 0.25) is 0 Å². The summed E-state index contributed by atoms with van der Waals surface area (Å²) in [5.74, 6) is 0.937. The van der Waals surface area contributed by atoms with Crippen molar-refractivity contribution in [1.29, 1.82) is 0 Å². The Bertz CT molecular complexity index is 3080. The Labute approximate surface area is 472 Å². The first-order chi connectivity index (χ1) is 33.8. The minimum Gasteiger partial charge on any atom is -1.00 e. The fourth-order valence-corrected chi connectivity index (χ4v) is 9.93. The minimum atomic E-state index is 0. The first-order valence-corrected chi connectivity index (χ1v) is 24.4. The lowest BCUT2D eigenvalue weighted by atomic mass is 10.00. The van der Waals surface area contributed by atoms with Crippen molar-refractivity contribution in [2.45, 2.75) is 26.2 Å². The number of aromatic amines is 2. The molecule has 9 rings (SSSR count). The van der Waals surface area contributed by atoms with Gasteiger partial charge in [-0.25, -0.2) is 9.97 Å². The van der Waals surface area contributed by atoms with E-state index in [4.69, 9.17) is 9.97 Å². The van der Waals surface area contributed by atoms with Crippen LogP contribution >= 0.6 is 0 Å². The highest BCUT2D eigenvalue weighted by molar-refractivity contribution is 6.00. The van der Waals surface area contributed by atoms with Gasteiger partial charge in [0.05, 0.1) is 107 Å². The zero-order chi connectivity index (χ0) is 51.7. The molecule has 0 saturated carbocycles. The van der Waals surface area contributed by atoms with Crippen LogP contribution in [0.15, 0.2) is 97.1 Å². The first-order valence-electron chi connectivity index (χ1n) is 24.4. The Hall–Kier alpha value is -6.32. The highest BCUT2D eigenvalue weighted by Gasteiger charge is 2.24. The van der Waals surface area contributed by atoms with Crippen LogP contribution < -0.4 is 49.6 Å². The number of nitrogens with zero attached hydrogens (tertiary/aromatic N) is 6. The zero-order valence-electron chi connectivity index (χ0n) is 45.4. The minimum absolute atomic E-state index is 0. The van der Waals surface area contributed by atoms with E-state index in [2.05, 4.69) is 167 Å². The lowest BCUT2D eigenvalue weighted by Gasteiger charge is -2.24. The molecule has 0 spiro atoms. The summed E-state index contributed by atoms with van der Waals surface area (Å²) >= 11 is 0. The van der Waals surface area contributed by atoms with Crippen molar-refractivity contribution < 1.29 is 88.0 Å². The third-order valence-corrected chi connectivity index (χ3v) is 12.8. The lowest BCUT2D eigenvalue weighted by molar-refractivity contribution is -0.884. The molecule has 76 heavy (non-hydrogen) atoms. The molecule has 0 amide bonds. The molecule has 12 nitrogen and oxygen atoms in total. The van der Waals surface area contributed by atoms with Gasteiger partial charge in [0.15, 0.2) is 0 Å². The highest BCUT2D eigenvalue weighted by Crippen LogP contribution is 2.41. The van der Waals surface area contributed by atoms with Crippen molar-refractivity contribution in [2.75, 3.05) is 84.6 Å². The molecule has 3 aromatic heterocycles. The molecule has 0 unspecified atom stereocenters. The van der Waals surface area contributed by atoms with Crippen molar-refractivity contribution in [3.63, 3.8) is 0 Å². The lowest BCUT2D eigenvalue weighted by Crippen LogP contribution is -3.00. The number of quaternary nitrogens is 4. The van der Waals surface area contributed by atoms with Gasteiger partial charge in [0, 0.05) is 66.6 Å². The molecule has 7 aromatic rings. The van der Waals surface area contributed by atoms with E-state index in [9.17, 15) is 20.4 Å². The second-order valence-electron chi connectivity index (χ2n) is 23.7. The van der Waals surface area contributed by atoms with Crippen LogP contribution in [0.4, 0.5) is 0 Å². The molecule has 0 aliphatic carbocycles. The van der Waals surface area contributed by atoms with E-state index >= 15 is 0 Å². The van der Waals surface area contributed by atoms with Crippen LogP contribution in [0.2, 0.25) is 0 Å². The predicted octanol–water partition coefficient (Wildman–Crippen LogP) is -1.01. The van der Waals surface area contributed by atoms with Gasteiger partial charge in [0.1, 0.15) is 49.2 Å². The third-order valence-electron chi connectivity index (χ3n) is 12.8. The van der Waals surface area contributed by atoms with E-state index in [1.165, 1.54) is 0 Å². The number of aromatic hydroxyl groups is 4. The van der Waals surface area contributed by atoms with Crippen molar-refractivity contribution >= 4 is 46.4 Å². The van der Waals surface area contributed by atoms with Gasteiger partial charge in [0.25, 0.3) is 0 Å². The highest BCUT2D eigenvalue weighted by atomic mass is 35.5. The maximum absolute atomic E-state index is 11.2. The van der Waals surface area contributed by atoms with Crippen LogP contribution in [0.25, 0.3) is 90.9 Å². The number of halogens is 4. The van der Waals surface area contributed by atoms with Crippen LogP contribution in [0, 0.1) is 0 Å². The molecule has 6 N–H and O–H groups in total. The molecule has 2 aliphatic rings. The number of nitrogens with one attached hydrogen (secondary N) is 2. The Kier molecular flexibility index (Phi) is 18.1. The number of aromatic nitrogens is 4. The van der Waals surface area contributed by atoms with Gasteiger partial charge in [-0.15, -0.1) is 0 Å². The average Bonchev–Trinajstić information content (AvgIpc) is 4.11. The number of phenols is 4. The molecule has 16 heteroatoms. The van der Waals surface area contributed by atoms with E-state index in [-0.39, 0.29) is 72.6 Å². The molecule has 0 radical (unpaired) electrons. The van der Waals surface area contributed by atoms with Crippen LogP contribution in [0.1, 0.15) is 45.0 Å². The molecule has 0 atom stereocenters. The quantitative estimate of drug-likeness (QED) is 0.0869. The van der Waals surface area contributed by atoms with Gasteiger partial charge in [-0.05, 0) is 119 Å². The van der Waals surface area contributed by atoms with Gasteiger partial charge >= 0.3 is 0 Å². The van der Waals surface area contributed by atoms with Crippen LogP contribution in [0.5, 0.6) is 23.0 Å². The summed E-state index contributed by atoms with van der Waals surface area (Å²) in [4.78, 5) is 18.7. The largest absolute Gasteiger partial charge is 1.00 e. The maximum Gasteiger partial charge on any atom is 0.124 e. The van der Waals surface area contributed by atoms with Gasteiger partial charge in [-0.1, -0.05) is 24.3 Å². The van der Waals surface area contributed by atoms with Gasteiger partial charge < -0.3 is 98.0 Å². The van der Waals surface area contributed by atoms with Crippen LogP contribution in [0.3, 0.4) is 0 Å². The number of benzene rings is 4. The Morgan fingerprint density at radius 1 is 0.316 bits per heavy atom. The number of hydrogen-bond donors (Lipinski definition) is 6. The molecule has 4 aromatic carbocycles. The molecular weight excluding hydrogens is 1040 g/mol. The van der Waals surface area contributed by atoms with Crippen molar-refractivity contribution in [1.82, 2.24) is 19.9 Å². The third kappa shape index (κ3) is 13.4. The Morgan fingerprint density at radius 2 is 0.513 bits per heavy atom. The smallest absolute Gasteiger partial charge is 0.124 e. The number of rotatable bonds is 12. The molecular formula is C60H70Cl4N8O4. The van der Waals surface area contributed by atoms with Crippen LogP contribution in [-0.2, 0) is 26.2 Å². The second-order valence-corrected chi connectivity index (χ2v) is 23.7. The van der Waals surface area contributed by atoms with Gasteiger partial charge in [-0.2, -0.15) is 0 Å². The Morgan fingerprint density at radius 3 is 0.697 bits per heavy atom. The summed E-state index contributed by atoms with van der Waals surface area (Å²) in [5.41, 5.74) is 16.4. The van der Waals surface area contributed by atoms with E-state index in [0.717, 1.165) is 112 Å². The second kappa shape index (κ2) is 22.7. The fourth-order valence-electron chi connectivity index (χ4n) is 9.93. The number of phenolic OH excluding ortho intramolecular Hbond substituents is 4. The molecule has 5 heterocycles. The SMILES string of the molecule is C[N+](C)(C)Cc1cc(-c2c3nc(c(-c4ccc(O)c(C[N+](C)(C)C)c4)c4ccc([nH]4)c(-c4ccc(O)c(C[N+](C)(C)C)c4)c4nc(c(-c5ccc(O)c(C[N+](C)(C)C)c5)c5ccc2[nH]5)C=C4)C=C3)ccc1O.[Cl-].[Cl-].[Cl-].[Cl-]. The summed E-state index contributed by atoms with van der Waals surface area (Å²) in [6.07, 6.45) is 8.23. The predicted molar refractivity (Wildman–Crippen MR) is 294 cm³/mol. The monoisotopic (exact) mass is 1110 g/mol. The standard InChI is InChI=1S/C60H66N8O4.4ClH/c1-65(2,3)33-41-29-37(13-25-53(41)69)57-45-17-19-47(61-45)58(38-14-26-54(70)42(30-38)34-66(4,5)6)49-21-23-51(63-49)60(40-16-28-56(72)44(32-40)36-68(10,11)12)52-24-22-50(64-52)59(48-20-18-46(57)62-48)39-15-27-55(71)43(31-39)35-67(7,8)9;;;;/h13-32H,33-36H2,1-12H3,(H2-4,61,62,63,64,69,70,71,72);4*1H. The zero-order valence-corrected chi connectivity index (χ0v) is 48.4. The summed E-state index contributed by atoms with van der Waals surface area (Å²) in [5, 5.41) is 45.0. The summed E-state index contributed by atoms with van der Waals surface area (Å²) in [6.45, 7) is 2.41. The van der Waals surface area contributed by atoms with Crippen LogP contribution in [-0.4, -0.2) is 143 Å². The van der Waals surface area contributed by atoms with Gasteiger partial charge in [-0.3, -0.25) is 0 Å². The summed E-state index contributed by atoms with van der Waals surface area (Å²) in [6, 6.07) is 31.5. The van der Waals surface area contributed by atoms with E-state index in [1.54, 1.807) is 24.3 Å². The Balaban J connectivity index is 0.00000267. The van der Waals surface area contributed by atoms with E-state index in [0.29, 0.717) is 44.1 Å². The van der Waals surface area contributed by atoms with E-state index < -0.39 is 0 Å². The maximum atomic E-state index is 11.2. The number of fused-ring (bicyclic) bond motifs is 8. The van der Waals surface area contributed by atoms with E-state index in [1.807, 2.05) is 24.3 Å². The number of H-pyrrole nitrogens is 2. The molecule has 8 bridgehead atoms. The summed E-state index contributed by atoms with van der Waals surface area (Å²) in [7, 11) is 25.3. The molecule has 0 fully saturated rings. The summed E-state index contributed by atoms with van der Waals surface area (Å²) < 4.78 is 2.48. The topological polar surface area (TPSA) is 138 Å². The molecule has 2 aliphatic heterocycles. The molecule has 402 valence electrons. The van der Waals surface area contributed by atoms with Crippen molar-refractivity contribution in [3.8, 4) is 67.5 Å². The molecule has 0 saturated heterocycles. The van der Waals surface area contributed by atoms with Crippen molar-refractivity contribution in [3.05, 3.63) is 142 Å². The average molecular weight is 1110 g/mol. The first kappa shape index (κ1) is 60.5. The fraction of sp³-hybridized carbons (Fsp3) is 0.267. The normalized spacial score (nSPS) is 12.4. The van der Waals surface area contributed by atoms with Crippen molar-refractivity contribution in [2.24, 2.45) is 0 Å². The number of hydrogen-bond acceptors (Lipinski definition) is 6.